The molecule has 0 bridgehead atoms. The van der Waals surface area contributed by atoms with Crippen LogP contribution in [0.4, 0.5) is 0 Å². The Kier molecular flexibility index (Phi) is 3.96. The van der Waals surface area contributed by atoms with Crippen LogP contribution in [0.25, 0.3) is 0 Å². The summed E-state index contributed by atoms with van der Waals surface area (Å²) in [5.74, 6) is 6.82. The largest absolute Gasteiger partial charge is 0.272 e. The number of aromatic nitrogens is 2. The van der Waals surface area contributed by atoms with Gasteiger partial charge in [-0.25, -0.2) is 0 Å². The first-order valence-electron chi connectivity index (χ1n) is 5.53. The topological polar surface area (TPSA) is 17.8 Å². The fraction of sp³-hybridized carbons (Fsp3) is 0.615. The molecule has 0 aromatic carbocycles. The van der Waals surface area contributed by atoms with E-state index >= 15 is 0 Å². The van der Waals surface area contributed by atoms with Gasteiger partial charge in [0, 0.05) is 25.1 Å². The zero-order valence-corrected chi connectivity index (χ0v) is 10.4. The summed E-state index contributed by atoms with van der Waals surface area (Å²) < 4.78 is 1.95. The third kappa shape index (κ3) is 2.86. The molecule has 1 atom stereocenters. The fourth-order valence-electron chi connectivity index (χ4n) is 1.75. The highest BCUT2D eigenvalue weighted by molar-refractivity contribution is 5.26. The number of rotatable bonds is 2. The van der Waals surface area contributed by atoms with Gasteiger partial charge in [-0.1, -0.05) is 19.8 Å². The molecule has 1 aromatic rings. The van der Waals surface area contributed by atoms with Gasteiger partial charge < -0.3 is 0 Å². The Labute approximate surface area is 92.7 Å². The van der Waals surface area contributed by atoms with Crippen molar-refractivity contribution in [3.8, 4) is 11.8 Å². The molecule has 1 unspecified atom stereocenters. The zero-order chi connectivity index (χ0) is 11.4. The summed E-state index contributed by atoms with van der Waals surface area (Å²) in [7, 11) is 1.99. The van der Waals surface area contributed by atoms with E-state index in [9.17, 15) is 0 Å². The van der Waals surface area contributed by atoms with Crippen molar-refractivity contribution in [2.75, 3.05) is 0 Å². The van der Waals surface area contributed by atoms with Gasteiger partial charge in [-0.05, 0) is 25.8 Å². The molecule has 0 aliphatic rings. The van der Waals surface area contributed by atoms with Gasteiger partial charge in [0.1, 0.15) is 0 Å². The van der Waals surface area contributed by atoms with Crippen LogP contribution in [-0.4, -0.2) is 9.78 Å². The van der Waals surface area contributed by atoms with E-state index in [1.54, 1.807) is 0 Å². The van der Waals surface area contributed by atoms with Crippen molar-refractivity contribution in [3.63, 3.8) is 0 Å². The van der Waals surface area contributed by atoms with Gasteiger partial charge in [-0.2, -0.15) is 5.10 Å². The van der Waals surface area contributed by atoms with Crippen molar-refractivity contribution >= 4 is 0 Å². The molecule has 0 spiro atoms. The molecular weight excluding hydrogens is 184 g/mol. The lowest BCUT2D eigenvalue weighted by molar-refractivity contribution is 0.720. The van der Waals surface area contributed by atoms with E-state index < -0.39 is 0 Å². The first-order valence-corrected chi connectivity index (χ1v) is 5.53. The number of hydrogen-bond acceptors (Lipinski definition) is 1. The predicted molar refractivity (Wildman–Crippen MR) is 63.6 cm³/mol. The minimum atomic E-state index is 0.423. The highest BCUT2D eigenvalue weighted by atomic mass is 15.3. The van der Waals surface area contributed by atoms with Gasteiger partial charge >= 0.3 is 0 Å². The number of aryl methyl sites for hydroxylation is 2. The molecule has 0 radical (unpaired) electrons. The van der Waals surface area contributed by atoms with Gasteiger partial charge in [0.25, 0.3) is 0 Å². The van der Waals surface area contributed by atoms with Crippen molar-refractivity contribution in [3.05, 3.63) is 17.0 Å². The fourth-order valence-corrected chi connectivity index (χ4v) is 1.75. The third-order valence-electron chi connectivity index (χ3n) is 2.69. The molecule has 0 fully saturated rings. The van der Waals surface area contributed by atoms with E-state index in [0.29, 0.717) is 5.92 Å². The van der Waals surface area contributed by atoms with Crippen LogP contribution >= 0.6 is 0 Å². The summed E-state index contributed by atoms with van der Waals surface area (Å²) in [5.41, 5.74) is 3.76. The smallest absolute Gasteiger partial charge is 0.0628 e. The standard InChI is InChI=1S/C13H20N2/c1-6-7-8-10(2)9-13-11(3)14-15(5)12(13)4/h10H,6,9H2,1-5H3. The predicted octanol–water partition coefficient (Wildman–Crippen LogP) is 2.63. The summed E-state index contributed by atoms with van der Waals surface area (Å²) >= 11 is 0. The van der Waals surface area contributed by atoms with Gasteiger partial charge in [0.15, 0.2) is 0 Å². The Morgan fingerprint density at radius 1 is 1.40 bits per heavy atom. The zero-order valence-electron chi connectivity index (χ0n) is 10.4. The quantitative estimate of drug-likeness (QED) is 0.677. The second-order valence-electron chi connectivity index (χ2n) is 4.05. The molecule has 0 saturated carbocycles. The Balaban J connectivity index is 2.80. The van der Waals surface area contributed by atoms with Crippen molar-refractivity contribution in [2.45, 2.75) is 40.5 Å². The van der Waals surface area contributed by atoms with Crippen molar-refractivity contribution in [1.82, 2.24) is 9.78 Å². The molecule has 82 valence electrons. The van der Waals surface area contributed by atoms with E-state index in [1.807, 2.05) is 11.7 Å². The second-order valence-corrected chi connectivity index (χ2v) is 4.05. The summed E-state index contributed by atoms with van der Waals surface area (Å²) in [4.78, 5) is 0. The van der Waals surface area contributed by atoms with E-state index in [4.69, 9.17) is 0 Å². The lowest BCUT2D eigenvalue weighted by Crippen LogP contribution is -2.00. The van der Waals surface area contributed by atoms with Gasteiger partial charge in [-0.3, -0.25) is 4.68 Å². The van der Waals surface area contributed by atoms with Crippen molar-refractivity contribution < 1.29 is 0 Å². The van der Waals surface area contributed by atoms with E-state index in [2.05, 4.69) is 44.6 Å². The normalized spacial score (nSPS) is 12.1. The summed E-state index contributed by atoms with van der Waals surface area (Å²) in [6.07, 6.45) is 1.95. The second kappa shape index (κ2) is 5.02. The van der Waals surface area contributed by atoms with Crippen LogP contribution in [0.2, 0.25) is 0 Å². The molecule has 2 heteroatoms. The van der Waals surface area contributed by atoms with E-state index in [1.165, 1.54) is 11.3 Å². The minimum absolute atomic E-state index is 0.423. The number of hydrogen-bond donors (Lipinski definition) is 0. The van der Waals surface area contributed by atoms with Crippen LogP contribution in [0.15, 0.2) is 0 Å². The minimum Gasteiger partial charge on any atom is -0.272 e. The molecule has 0 amide bonds. The lowest BCUT2D eigenvalue weighted by atomic mass is 10.00. The molecule has 2 nitrogen and oxygen atoms in total. The molecule has 0 aliphatic heterocycles. The van der Waals surface area contributed by atoms with E-state index in [-0.39, 0.29) is 0 Å². The Bertz CT molecular complexity index is 391. The molecular formula is C13H20N2. The molecule has 0 aliphatic carbocycles. The highest BCUT2D eigenvalue weighted by Gasteiger charge is 2.11. The van der Waals surface area contributed by atoms with Crippen molar-refractivity contribution in [1.29, 1.82) is 0 Å². The van der Waals surface area contributed by atoms with Crippen LogP contribution in [0.5, 0.6) is 0 Å². The monoisotopic (exact) mass is 204 g/mol. The molecule has 1 rings (SSSR count). The molecule has 15 heavy (non-hydrogen) atoms. The maximum absolute atomic E-state index is 4.41. The summed E-state index contributed by atoms with van der Waals surface area (Å²) in [6, 6.07) is 0. The number of nitrogens with zero attached hydrogens (tertiary/aromatic N) is 2. The molecule has 0 saturated heterocycles. The van der Waals surface area contributed by atoms with Crippen LogP contribution in [0.3, 0.4) is 0 Å². The maximum Gasteiger partial charge on any atom is 0.0628 e. The first-order chi connectivity index (χ1) is 7.06. The van der Waals surface area contributed by atoms with Gasteiger partial charge in [0.2, 0.25) is 0 Å². The van der Waals surface area contributed by atoms with Crippen LogP contribution in [0.1, 0.15) is 37.2 Å². The molecule has 0 N–H and O–H groups in total. The molecule has 1 aromatic heterocycles. The Morgan fingerprint density at radius 3 is 2.53 bits per heavy atom. The van der Waals surface area contributed by atoms with Gasteiger partial charge in [-0.15, -0.1) is 5.92 Å². The molecule has 1 heterocycles. The van der Waals surface area contributed by atoms with Crippen LogP contribution in [0, 0.1) is 31.6 Å². The van der Waals surface area contributed by atoms with Crippen LogP contribution < -0.4 is 0 Å². The van der Waals surface area contributed by atoms with E-state index in [0.717, 1.165) is 18.5 Å². The average molecular weight is 204 g/mol. The summed E-state index contributed by atoms with van der Waals surface area (Å²) in [5, 5.41) is 4.41. The highest BCUT2D eigenvalue weighted by Crippen LogP contribution is 2.16. The van der Waals surface area contributed by atoms with Crippen LogP contribution in [-0.2, 0) is 13.5 Å². The van der Waals surface area contributed by atoms with Crippen molar-refractivity contribution in [2.24, 2.45) is 13.0 Å². The lowest BCUT2D eigenvalue weighted by Gasteiger charge is -2.04. The Morgan fingerprint density at radius 2 is 2.07 bits per heavy atom. The Hall–Kier alpha value is -1.23. The maximum atomic E-state index is 4.41. The summed E-state index contributed by atoms with van der Waals surface area (Å²) in [6.45, 7) is 8.45. The van der Waals surface area contributed by atoms with Gasteiger partial charge in [0.05, 0.1) is 5.69 Å². The average Bonchev–Trinajstić information content (AvgIpc) is 2.42. The first kappa shape index (κ1) is 11.8. The SMILES string of the molecule is CCC#CC(C)Cc1c(C)nn(C)c1C. The third-order valence-corrected chi connectivity index (χ3v) is 2.69.